The van der Waals surface area contributed by atoms with Crippen LogP contribution in [0.1, 0.15) is 72.1 Å². The third kappa shape index (κ3) is 5.91. The molecule has 0 bridgehead atoms. The fraction of sp³-hybridized carbons (Fsp3) is 0.895. The zero-order chi connectivity index (χ0) is 16.9. The molecular weight excluding hydrogens is 290 g/mol. The van der Waals surface area contributed by atoms with Gasteiger partial charge in [0.15, 0.2) is 0 Å². The fourth-order valence-electron chi connectivity index (χ4n) is 3.87. The average molecular weight is 323 g/mol. The average Bonchev–Trinajstić information content (AvgIpc) is 2.45. The van der Waals surface area contributed by atoms with Gasteiger partial charge in [-0.25, -0.2) is 0 Å². The number of ether oxygens (including phenoxy) is 1. The van der Waals surface area contributed by atoms with E-state index in [0.717, 1.165) is 70.7 Å². The summed E-state index contributed by atoms with van der Waals surface area (Å²) >= 11 is 0. The van der Waals surface area contributed by atoms with Crippen LogP contribution in [0.15, 0.2) is 0 Å². The van der Waals surface area contributed by atoms with Crippen molar-refractivity contribution in [2.45, 2.75) is 83.8 Å². The molecule has 0 spiro atoms. The maximum atomic E-state index is 12.4. The topological polar surface area (TPSA) is 46.6 Å². The number of esters is 1. The first-order chi connectivity index (χ1) is 10.9. The van der Waals surface area contributed by atoms with Crippen LogP contribution in [0.4, 0.5) is 0 Å². The van der Waals surface area contributed by atoms with Gasteiger partial charge in [-0.3, -0.25) is 4.79 Å². The molecule has 0 N–H and O–H groups in total. The van der Waals surface area contributed by atoms with Gasteiger partial charge in [0.25, 0.3) is 0 Å². The van der Waals surface area contributed by atoms with Crippen LogP contribution in [0.2, 0.25) is 0 Å². The van der Waals surface area contributed by atoms with Crippen LogP contribution in [-0.4, -0.2) is 41.9 Å². The Bertz CT molecular complexity index is 394. The van der Waals surface area contributed by atoms with Crippen molar-refractivity contribution in [3.8, 4) is 0 Å². The van der Waals surface area contributed by atoms with Gasteiger partial charge in [-0.2, -0.15) is 0 Å². The first-order valence-electron chi connectivity index (χ1n) is 9.31. The molecule has 2 fully saturated rings. The molecule has 1 heterocycles. The maximum absolute atomic E-state index is 12.4. The molecule has 2 rings (SSSR count). The highest BCUT2D eigenvalue weighted by atomic mass is 16.6. The molecule has 0 aromatic heterocycles. The van der Waals surface area contributed by atoms with E-state index in [2.05, 4.69) is 4.90 Å². The number of hydrogen-bond donors (Lipinski definition) is 0. The van der Waals surface area contributed by atoms with Gasteiger partial charge < -0.3 is 14.4 Å². The largest absolute Gasteiger partial charge is 0.460 e. The summed E-state index contributed by atoms with van der Waals surface area (Å²) in [6, 6.07) is 0.601. The smallest absolute Gasteiger partial charge is 0.309 e. The molecule has 132 valence electrons. The highest BCUT2D eigenvalue weighted by molar-refractivity contribution is 5.72. The van der Waals surface area contributed by atoms with Crippen LogP contribution in [0, 0.1) is 11.8 Å². The van der Waals surface area contributed by atoms with E-state index >= 15 is 0 Å². The van der Waals surface area contributed by atoms with Crippen molar-refractivity contribution in [3.63, 3.8) is 0 Å². The molecule has 1 atom stereocenters. The van der Waals surface area contributed by atoms with Gasteiger partial charge in [0.1, 0.15) is 11.9 Å². The second-order valence-electron chi connectivity index (χ2n) is 8.26. The Hall–Kier alpha value is -0.900. The molecule has 4 nitrogen and oxygen atoms in total. The fourth-order valence-corrected chi connectivity index (χ4v) is 3.87. The standard InChI is InChI=1S/C19H33NO3/c1-19(2,3)23-18(22)16-6-4-5-12-20(13-11-16)17-9-7-15(14-21)8-10-17/h14-17H,4-13H2,1-3H3. The van der Waals surface area contributed by atoms with Crippen molar-refractivity contribution in [3.05, 3.63) is 0 Å². The summed E-state index contributed by atoms with van der Waals surface area (Å²) in [5.41, 5.74) is -0.396. The van der Waals surface area contributed by atoms with E-state index in [-0.39, 0.29) is 17.8 Å². The quantitative estimate of drug-likeness (QED) is 0.588. The van der Waals surface area contributed by atoms with E-state index < -0.39 is 5.60 Å². The summed E-state index contributed by atoms with van der Waals surface area (Å²) in [4.78, 5) is 25.8. The van der Waals surface area contributed by atoms with Gasteiger partial charge >= 0.3 is 5.97 Å². The summed E-state index contributed by atoms with van der Waals surface area (Å²) in [5, 5.41) is 0. The number of carbonyl (C=O) groups excluding carboxylic acids is 2. The minimum Gasteiger partial charge on any atom is -0.460 e. The van der Waals surface area contributed by atoms with Gasteiger partial charge in [-0.1, -0.05) is 6.42 Å². The van der Waals surface area contributed by atoms with Gasteiger partial charge in [-0.15, -0.1) is 0 Å². The molecule has 1 aliphatic heterocycles. The van der Waals surface area contributed by atoms with E-state index in [1.807, 2.05) is 20.8 Å². The molecule has 1 aliphatic carbocycles. The second kappa shape index (κ2) is 8.27. The predicted molar refractivity (Wildman–Crippen MR) is 91.2 cm³/mol. The van der Waals surface area contributed by atoms with Crippen molar-refractivity contribution in [1.29, 1.82) is 0 Å². The first kappa shape index (κ1) is 18.4. The van der Waals surface area contributed by atoms with E-state index in [0.29, 0.717) is 6.04 Å². The highest BCUT2D eigenvalue weighted by Crippen LogP contribution is 2.29. The number of aldehydes is 1. The van der Waals surface area contributed by atoms with Crippen molar-refractivity contribution in [2.75, 3.05) is 13.1 Å². The zero-order valence-electron chi connectivity index (χ0n) is 15.1. The predicted octanol–water partition coefficient (Wildman–Crippen LogP) is 3.58. The molecule has 1 saturated heterocycles. The Kier molecular flexibility index (Phi) is 6.63. The minimum absolute atomic E-state index is 0.0241. The Morgan fingerprint density at radius 3 is 2.30 bits per heavy atom. The minimum atomic E-state index is -0.396. The van der Waals surface area contributed by atoms with Crippen molar-refractivity contribution in [2.24, 2.45) is 11.8 Å². The van der Waals surface area contributed by atoms with Crippen LogP contribution >= 0.6 is 0 Å². The summed E-state index contributed by atoms with van der Waals surface area (Å²) in [5.74, 6) is 0.294. The summed E-state index contributed by atoms with van der Waals surface area (Å²) < 4.78 is 5.59. The number of nitrogens with zero attached hydrogens (tertiary/aromatic N) is 1. The summed E-state index contributed by atoms with van der Waals surface area (Å²) in [6.07, 6.45) is 9.56. The Balaban J connectivity index is 1.86. The molecule has 2 aliphatic rings. The lowest BCUT2D eigenvalue weighted by atomic mass is 9.85. The third-order valence-corrected chi connectivity index (χ3v) is 5.20. The van der Waals surface area contributed by atoms with Crippen LogP contribution in [-0.2, 0) is 14.3 Å². The van der Waals surface area contributed by atoms with Crippen LogP contribution in [0.5, 0.6) is 0 Å². The lowest BCUT2D eigenvalue weighted by molar-refractivity contribution is -0.161. The molecule has 1 saturated carbocycles. The number of hydrogen-bond acceptors (Lipinski definition) is 4. The van der Waals surface area contributed by atoms with Crippen LogP contribution < -0.4 is 0 Å². The molecule has 1 unspecified atom stereocenters. The molecule has 0 aromatic rings. The molecule has 0 radical (unpaired) electrons. The third-order valence-electron chi connectivity index (χ3n) is 5.20. The lowest BCUT2D eigenvalue weighted by Gasteiger charge is -2.37. The second-order valence-corrected chi connectivity index (χ2v) is 8.26. The van der Waals surface area contributed by atoms with E-state index in [4.69, 9.17) is 4.74 Å². The Morgan fingerprint density at radius 2 is 1.70 bits per heavy atom. The Labute approximate surface area is 140 Å². The maximum Gasteiger partial charge on any atom is 0.309 e. The zero-order valence-corrected chi connectivity index (χ0v) is 15.1. The molecule has 23 heavy (non-hydrogen) atoms. The van der Waals surface area contributed by atoms with Gasteiger partial charge in [-0.05, 0) is 78.8 Å². The number of carbonyl (C=O) groups is 2. The van der Waals surface area contributed by atoms with Gasteiger partial charge in [0, 0.05) is 12.0 Å². The monoisotopic (exact) mass is 323 g/mol. The summed E-state index contributed by atoms with van der Waals surface area (Å²) in [6.45, 7) is 7.93. The van der Waals surface area contributed by atoms with Gasteiger partial charge in [0.05, 0.1) is 5.92 Å². The molecule has 4 heteroatoms. The van der Waals surface area contributed by atoms with Crippen LogP contribution in [0.25, 0.3) is 0 Å². The lowest BCUT2D eigenvalue weighted by Crippen LogP contribution is -2.42. The molecule has 0 amide bonds. The molecular formula is C19H33NO3. The van der Waals surface area contributed by atoms with Crippen molar-refractivity contribution in [1.82, 2.24) is 4.90 Å². The van der Waals surface area contributed by atoms with Gasteiger partial charge in [0.2, 0.25) is 0 Å². The molecule has 0 aromatic carbocycles. The van der Waals surface area contributed by atoms with E-state index in [9.17, 15) is 9.59 Å². The summed E-state index contributed by atoms with van der Waals surface area (Å²) in [7, 11) is 0. The van der Waals surface area contributed by atoms with Crippen molar-refractivity contribution < 1.29 is 14.3 Å². The number of likely N-dealkylation sites (tertiary alicyclic amines) is 1. The Morgan fingerprint density at radius 1 is 1.00 bits per heavy atom. The van der Waals surface area contributed by atoms with E-state index in [1.165, 1.54) is 0 Å². The van der Waals surface area contributed by atoms with Crippen molar-refractivity contribution >= 4 is 12.3 Å². The normalized spacial score (nSPS) is 31.0. The highest BCUT2D eigenvalue weighted by Gasteiger charge is 2.30. The SMILES string of the molecule is CC(C)(C)OC(=O)C1CCCCN(C2CCC(C=O)CC2)CC1. The first-order valence-corrected chi connectivity index (χ1v) is 9.31. The van der Waals surface area contributed by atoms with E-state index in [1.54, 1.807) is 0 Å². The van der Waals surface area contributed by atoms with Crippen LogP contribution in [0.3, 0.4) is 0 Å². The number of rotatable bonds is 3.